The Morgan fingerprint density at radius 1 is 0.964 bits per heavy atom. The molecule has 0 amide bonds. The Hall–Kier alpha value is -2.24. The van der Waals surface area contributed by atoms with Crippen molar-refractivity contribution in [3.63, 3.8) is 0 Å². The number of carbonyl (C=O) groups excluding carboxylic acids is 2. The van der Waals surface area contributed by atoms with Crippen LogP contribution in [0.25, 0.3) is 0 Å². The lowest BCUT2D eigenvalue weighted by Crippen LogP contribution is -2.04. The zero-order chi connectivity index (χ0) is 19.7. The van der Waals surface area contributed by atoms with E-state index in [1.807, 2.05) is 41.8 Å². The maximum absolute atomic E-state index is 13.1. The van der Waals surface area contributed by atoms with E-state index >= 15 is 0 Å². The summed E-state index contributed by atoms with van der Waals surface area (Å²) in [4.78, 5) is 25.8. The molecule has 3 nitrogen and oxygen atoms in total. The Morgan fingerprint density at radius 3 is 2.11 bits per heavy atom. The van der Waals surface area contributed by atoms with E-state index < -0.39 is 0 Å². The zero-order valence-corrected chi connectivity index (χ0v) is 17.7. The maximum atomic E-state index is 13.1. The predicted octanol–water partition coefficient (Wildman–Crippen LogP) is 6.07. The van der Waals surface area contributed by atoms with Crippen LogP contribution in [0.2, 0.25) is 0 Å². The predicted molar refractivity (Wildman–Crippen MR) is 114 cm³/mol. The van der Waals surface area contributed by atoms with E-state index in [0.717, 1.165) is 20.5 Å². The largest absolute Gasteiger partial charge is 0.462 e. The molecular weight excluding hydrogens is 436 g/mol. The number of esters is 1. The number of halogens is 1. The molecule has 1 aliphatic carbocycles. The third-order valence-electron chi connectivity index (χ3n) is 5.15. The lowest BCUT2D eigenvalue weighted by molar-refractivity contribution is 0.0526. The van der Waals surface area contributed by atoms with Gasteiger partial charge < -0.3 is 4.74 Å². The van der Waals surface area contributed by atoms with Gasteiger partial charge in [0, 0.05) is 22.2 Å². The van der Waals surface area contributed by atoms with E-state index in [1.165, 1.54) is 11.3 Å². The fourth-order valence-electron chi connectivity index (χ4n) is 3.79. The number of ketones is 1. The average Bonchev–Trinajstić information content (AvgIpc) is 3.20. The zero-order valence-electron chi connectivity index (χ0n) is 15.3. The van der Waals surface area contributed by atoms with Gasteiger partial charge in [-0.15, -0.1) is 11.3 Å². The van der Waals surface area contributed by atoms with Crippen molar-refractivity contribution in [2.24, 2.45) is 5.92 Å². The van der Waals surface area contributed by atoms with E-state index in [0.29, 0.717) is 12.2 Å². The highest BCUT2D eigenvalue weighted by molar-refractivity contribution is 9.10. The fourth-order valence-corrected chi connectivity index (χ4v) is 4.77. The second kappa shape index (κ2) is 8.02. The molecule has 1 aromatic heterocycles. The smallest absolute Gasteiger partial charge is 0.338 e. The first kappa shape index (κ1) is 19.1. The molecule has 2 aromatic carbocycles. The topological polar surface area (TPSA) is 43.4 Å². The molecular formula is C23H19BrO3S. The number of ether oxygens (including phenoxy) is 1. The molecule has 5 heteroatoms. The van der Waals surface area contributed by atoms with Crippen LogP contribution in [0.1, 0.15) is 49.9 Å². The van der Waals surface area contributed by atoms with Crippen LogP contribution in [-0.4, -0.2) is 18.4 Å². The molecule has 3 atom stereocenters. The van der Waals surface area contributed by atoms with E-state index in [2.05, 4.69) is 28.1 Å². The summed E-state index contributed by atoms with van der Waals surface area (Å²) in [7, 11) is 0. The average molecular weight is 455 g/mol. The van der Waals surface area contributed by atoms with Crippen LogP contribution in [0.3, 0.4) is 0 Å². The molecule has 0 aliphatic heterocycles. The van der Waals surface area contributed by atoms with Gasteiger partial charge in [0.25, 0.3) is 0 Å². The highest BCUT2D eigenvalue weighted by Crippen LogP contribution is 2.61. The van der Waals surface area contributed by atoms with Crippen LogP contribution in [-0.2, 0) is 4.74 Å². The van der Waals surface area contributed by atoms with Crippen LogP contribution in [0.4, 0.5) is 0 Å². The van der Waals surface area contributed by atoms with Gasteiger partial charge in [0.15, 0.2) is 5.78 Å². The third-order valence-corrected chi connectivity index (χ3v) is 6.56. The van der Waals surface area contributed by atoms with Crippen molar-refractivity contribution in [1.29, 1.82) is 0 Å². The summed E-state index contributed by atoms with van der Waals surface area (Å²) in [6.07, 6.45) is 0. The number of hydrogen-bond donors (Lipinski definition) is 0. The Kier molecular flexibility index (Phi) is 5.47. The Morgan fingerprint density at radius 2 is 1.57 bits per heavy atom. The Labute approximate surface area is 176 Å². The number of carbonyl (C=O) groups is 2. The van der Waals surface area contributed by atoms with E-state index in [9.17, 15) is 9.59 Å². The monoisotopic (exact) mass is 454 g/mol. The molecule has 0 saturated heterocycles. The van der Waals surface area contributed by atoms with Crippen LogP contribution in [0.15, 0.2) is 70.5 Å². The first-order chi connectivity index (χ1) is 13.6. The van der Waals surface area contributed by atoms with Crippen LogP contribution in [0, 0.1) is 5.92 Å². The van der Waals surface area contributed by atoms with Gasteiger partial charge in [0.1, 0.15) is 0 Å². The van der Waals surface area contributed by atoms with E-state index in [-0.39, 0.29) is 29.5 Å². The summed E-state index contributed by atoms with van der Waals surface area (Å²) < 4.78 is 6.08. The van der Waals surface area contributed by atoms with E-state index in [4.69, 9.17) is 4.74 Å². The highest BCUT2D eigenvalue weighted by Gasteiger charge is 2.56. The van der Waals surface area contributed by atoms with Crippen LogP contribution < -0.4 is 0 Å². The minimum Gasteiger partial charge on any atom is -0.462 e. The second-order valence-corrected chi connectivity index (χ2v) is 8.68. The minimum absolute atomic E-state index is 0.0757. The Bertz CT molecular complexity index is 978. The van der Waals surface area contributed by atoms with Crippen LogP contribution in [0.5, 0.6) is 0 Å². The number of hydrogen-bond acceptors (Lipinski definition) is 4. The van der Waals surface area contributed by atoms with Crippen molar-refractivity contribution in [3.05, 3.63) is 92.1 Å². The molecule has 142 valence electrons. The van der Waals surface area contributed by atoms with E-state index in [1.54, 1.807) is 19.1 Å². The maximum Gasteiger partial charge on any atom is 0.338 e. The molecule has 0 radical (unpaired) electrons. The van der Waals surface area contributed by atoms with Crippen LogP contribution >= 0.6 is 27.3 Å². The normalized spacial score (nSPS) is 20.6. The summed E-state index contributed by atoms with van der Waals surface area (Å²) in [5.74, 6) is 0.0688. The number of thiophene rings is 1. The van der Waals surface area contributed by atoms with Crippen molar-refractivity contribution >= 4 is 39.0 Å². The van der Waals surface area contributed by atoms with Gasteiger partial charge >= 0.3 is 5.97 Å². The summed E-state index contributed by atoms with van der Waals surface area (Å²) in [5, 5.41) is 1.94. The first-order valence-corrected chi connectivity index (χ1v) is 10.9. The molecule has 1 heterocycles. The van der Waals surface area contributed by atoms with Gasteiger partial charge in [0.05, 0.1) is 17.0 Å². The molecule has 0 bridgehead atoms. The molecule has 0 N–H and O–H groups in total. The van der Waals surface area contributed by atoms with Crippen molar-refractivity contribution in [3.8, 4) is 0 Å². The molecule has 1 saturated carbocycles. The minimum atomic E-state index is -0.319. The molecule has 1 fully saturated rings. The van der Waals surface area contributed by atoms with Crippen molar-refractivity contribution < 1.29 is 14.3 Å². The second-order valence-electron chi connectivity index (χ2n) is 6.81. The Balaban J connectivity index is 1.63. The molecule has 28 heavy (non-hydrogen) atoms. The number of Topliss-reactive ketones (excluding diaryl/α,β-unsaturated/α-hetero) is 1. The fraction of sp³-hybridized carbons (Fsp3) is 0.217. The standard InChI is InChI=1S/C23H19BrO3S/c1-2-27-23(26)16-7-5-14(6-8-16)19-20(15-9-11-17(24)12-10-15)21(19)22(25)18-4-3-13-28-18/h3-13,19-21H,2H2,1H3. The molecule has 0 spiro atoms. The van der Waals surface area contributed by atoms with Gasteiger partial charge in [0.2, 0.25) is 0 Å². The molecule has 4 rings (SSSR count). The van der Waals surface area contributed by atoms with Gasteiger partial charge in [-0.25, -0.2) is 4.79 Å². The molecule has 1 aliphatic rings. The van der Waals surface area contributed by atoms with Crippen molar-refractivity contribution in [2.45, 2.75) is 18.8 Å². The number of benzene rings is 2. The van der Waals surface area contributed by atoms with Crippen molar-refractivity contribution in [2.75, 3.05) is 6.61 Å². The molecule has 3 aromatic rings. The lowest BCUT2D eigenvalue weighted by Gasteiger charge is -2.04. The van der Waals surface area contributed by atoms with Gasteiger partial charge in [-0.2, -0.15) is 0 Å². The number of rotatable bonds is 6. The SMILES string of the molecule is CCOC(=O)c1ccc(C2C(C(=O)c3cccs3)C2c2ccc(Br)cc2)cc1. The lowest BCUT2D eigenvalue weighted by atomic mass is 10.0. The van der Waals surface area contributed by atoms with Gasteiger partial charge in [-0.1, -0.05) is 46.3 Å². The van der Waals surface area contributed by atoms with Crippen molar-refractivity contribution in [1.82, 2.24) is 0 Å². The molecule has 3 unspecified atom stereocenters. The quantitative estimate of drug-likeness (QED) is 0.335. The summed E-state index contributed by atoms with van der Waals surface area (Å²) in [6.45, 7) is 2.15. The summed E-state index contributed by atoms with van der Waals surface area (Å²) in [6, 6.07) is 19.5. The third kappa shape index (κ3) is 3.69. The van der Waals surface area contributed by atoms with Gasteiger partial charge in [-0.05, 0) is 53.8 Å². The summed E-state index contributed by atoms with van der Waals surface area (Å²) >= 11 is 4.97. The summed E-state index contributed by atoms with van der Waals surface area (Å²) in [5.41, 5.74) is 2.78. The first-order valence-electron chi connectivity index (χ1n) is 9.20. The highest BCUT2D eigenvalue weighted by atomic mass is 79.9. The van der Waals surface area contributed by atoms with Gasteiger partial charge in [-0.3, -0.25) is 4.79 Å².